The number of fused-ring (bicyclic) bond motifs is 1. The van der Waals surface area contributed by atoms with E-state index >= 15 is 0 Å². The van der Waals surface area contributed by atoms with Gasteiger partial charge in [-0.05, 0) is 18.6 Å². The molecule has 0 saturated heterocycles. The standard InChI is InChI=1S/C12H15NO/c1-9-10-6-4-5-7-11(10)13(2)12(9)8-14-3/h4-7H,8H2,1-3H3. The molecule has 1 heterocycles. The Morgan fingerprint density at radius 3 is 2.64 bits per heavy atom. The van der Waals surface area contributed by atoms with Gasteiger partial charge in [-0.1, -0.05) is 18.2 Å². The molecule has 0 atom stereocenters. The van der Waals surface area contributed by atoms with Crippen molar-refractivity contribution in [2.24, 2.45) is 7.05 Å². The van der Waals surface area contributed by atoms with Crippen LogP contribution in [-0.4, -0.2) is 11.7 Å². The summed E-state index contributed by atoms with van der Waals surface area (Å²) in [6.45, 7) is 2.83. The van der Waals surface area contributed by atoms with Gasteiger partial charge in [0, 0.05) is 30.8 Å². The lowest BCUT2D eigenvalue weighted by molar-refractivity contribution is 0.179. The fraction of sp³-hybridized carbons (Fsp3) is 0.333. The largest absolute Gasteiger partial charge is 0.378 e. The number of aryl methyl sites for hydroxylation is 2. The van der Waals surface area contributed by atoms with Gasteiger partial charge in [0.15, 0.2) is 0 Å². The minimum atomic E-state index is 0.678. The Labute approximate surface area is 84.1 Å². The quantitative estimate of drug-likeness (QED) is 0.708. The average molecular weight is 189 g/mol. The van der Waals surface area contributed by atoms with E-state index in [-0.39, 0.29) is 0 Å². The van der Waals surface area contributed by atoms with Gasteiger partial charge in [-0.15, -0.1) is 0 Å². The van der Waals surface area contributed by atoms with Gasteiger partial charge < -0.3 is 9.30 Å². The number of nitrogens with zero attached hydrogens (tertiary/aromatic N) is 1. The van der Waals surface area contributed by atoms with Crippen LogP contribution in [0.5, 0.6) is 0 Å². The highest BCUT2D eigenvalue weighted by atomic mass is 16.5. The second kappa shape index (κ2) is 3.46. The van der Waals surface area contributed by atoms with Crippen LogP contribution >= 0.6 is 0 Å². The lowest BCUT2D eigenvalue weighted by Crippen LogP contribution is -1.98. The molecule has 2 heteroatoms. The Morgan fingerprint density at radius 1 is 1.29 bits per heavy atom. The summed E-state index contributed by atoms with van der Waals surface area (Å²) in [6.07, 6.45) is 0. The summed E-state index contributed by atoms with van der Waals surface area (Å²) in [5.74, 6) is 0. The third-order valence-corrected chi connectivity index (χ3v) is 2.79. The number of para-hydroxylation sites is 1. The van der Waals surface area contributed by atoms with Crippen LogP contribution in [0.15, 0.2) is 24.3 Å². The van der Waals surface area contributed by atoms with Gasteiger partial charge in [0.2, 0.25) is 0 Å². The van der Waals surface area contributed by atoms with E-state index < -0.39 is 0 Å². The lowest BCUT2D eigenvalue weighted by Gasteiger charge is -2.03. The van der Waals surface area contributed by atoms with Crippen LogP contribution in [-0.2, 0) is 18.4 Å². The Kier molecular flexibility index (Phi) is 2.30. The predicted molar refractivity (Wildman–Crippen MR) is 58.4 cm³/mol. The van der Waals surface area contributed by atoms with E-state index in [1.54, 1.807) is 7.11 Å². The molecule has 0 amide bonds. The summed E-state index contributed by atoms with van der Waals surface area (Å²) in [7, 11) is 3.82. The van der Waals surface area contributed by atoms with Gasteiger partial charge in [0.05, 0.1) is 6.61 Å². The molecule has 0 radical (unpaired) electrons. The maximum absolute atomic E-state index is 5.20. The molecule has 2 aromatic rings. The first-order chi connectivity index (χ1) is 6.75. The maximum Gasteiger partial charge on any atom is 0.0866 e. The summed E-state index contributed by atoms with van der Waals surface area (Å²) in [4.78, 5) is 0. The molecule has 0 aliphatic carbocycles. The molecule has 1 aromatic carbocycles. The maximum atomic E-state index is 5.20. The van der Waals surface area contributed by atoms with Crippen LogP contribution < -0.4 is 0 Å². The van der Waals surface area contributed by atoms with Crippen molar-refractivity contribution >= 4 is 10.9 Å². The normalized spacial score (nSPS) is 11.1. The second-order valence-electron chi connectivity index (χ2n) is 3.58. The molecule has 0 fully saturated rings. The Balaban J connectivity index is 2.72. The predicted octanol–water partition coefficient (Wildman–Crippen LogP) is 2.63. The molecule has 0 aliphatic rings. The Hall–Kier alpha value is -1.28. The summed E-state index contributed by atoms with van der Waals surface area (Å²) >= 11 is 0. The fourth-order valence-corrected chi connectivity index (χ4v) is 1.98. The van der Waals surface area contributed by atoms with Crippen LogP contribution in [0.3, 0.4) is 0 Å². The third-order valence-electron chi connectivity index (χ3n) is 2.79. The van der Waals surface area contributed by atoms with Crippen molar-refractivity contribution in [2.45, 2.75) is 13.5 Å². The molecule has 14 heavy (non-hydrogen) atoms. The van der Waals surface area contributed by atoms with Crippen molar-refractivity contribution in [1.82, 2.24) is 4.57 Å². The summed E-state index contributed by atoms with van der Waals surface area (Å²) in [6, 6.07) is 8.44. The number of methoxy groups -OCH3 is 1. The van der Waals surface area contributed by atoms with Crippen molar-refractivity contribution in [1.29, 1.82) is 0 Å². The smallest absolute Gasteiger partial charge is 0.0866 e. The van der Waals surface area contributed by atoms with E-state index in [1.165, 1.54) is 22.2 Å². The number of ether oxygens (including phenoxy) is 1. The number of rotatable bonds is 2. The monoisotopic (exact) mass is 189 g/mol. The van der Waals surface area contributed by atoms with E-state index in [0.717, 1.165) is 0 Å². The summed E-state index contributed by atoms with van der Waals surface area (Å²) < 4.78 is 7.40. The third kappa shape index (κ3) is 1.23. The van der Waals surface area contributed by atoms with Crippen molar-refractivity contribution in [3.05, 3.63) is 35.5 Å². The van der Waals surface area contributed by atoms with Gasteiger partial charge in [-0.25, -0.2) is 0 Å². The van der Waals surface area contributed by atoms with Gasteiger partial charge in [-0.3, -0.25) is 0 Å². The first-order valence-corrected chi connectivity index (χ1v) is 4.77. The van der Waals surface area contributed by atoms with Crippen molar-refractivity contribution < 1.29 is 4.74 Å². The highest BCUT2D eigenvalue weighted by Gasteiger charge is 2.09. The molecule has 0 aliphatic heterocycles. The van der Waals surface area contributed by atoms with Gasteiger partial charge in [-0.2, -0.15) is 0 Å². The molecule has 2 nitrogen and oxygen atoms in total. The van der Waals surface area contributed by atoms with E-state index in [1.807, 2.05) is 0 Å². The van der Waals surface area contributed by atoms with Gasteiger partial charge in [0.25, 0.3) is 0 Å². The average Bonchev–Trinajstić information content (AvgIpc) is 2.45. The van der Waals surface area contributed by atoms with Crippen LogP contribution in [0.2, 0.25) is 0 Å². The fourth-order valence-electron chi connectivity index (χ4n) is 1.98. The molecule has 0 N–H and O–H groups in total. The van der Waals surface area contributed by atoms with Crippen molar-refractivity contribution in [2.75, 3.05) is 7.11 Å². The number of benzene rings is 1. The minimum Gasteiger partial charge on any atom is -0.378 e. The molecular weight excluding hydrogens is 174 g/mol. The molecule has 2 rings (SSSR count). The van der Waals surface area contributed by atoms with Crippen LogP contribution in [0, 0.1) is 6.92 Å². The summed E-state index contributed by atoms with van der Waals surface area (Å²) in [5.41, 5.74) is 3.86. The zero-order valence-electron chi connectivity index (χ0n) is 8.87. The lowest BCUT2D eigenvalue weighted by atomic mass is 10.1. The first-order valence-electron chi connectivity index (χ1n) is 4.77. The Bertz CT molecular complexity index is 418. The van der Waals surface area contributed by atoms with Gasteiger partial charge in [0.1, 0.15) is 0 Å². The molecule has 0 unspecified atom stereocenters. The van der Waals surface area contributed by atoms with Crippen LogP contribution in [0.4, 0.5) is 0 Å². The second-order valence-corrected chi connectivity index (χ2v) is 3.58. The number of hydrogen-bond donors (Lipinski definition) is 0. The number of hydrogen-bond acceptors (Lipinski definition) is 1. The SMILES string of the molecule is COCc1c(C)c2ccccc2n1C. The highest BCUT2D eigenvalue weighted by Crippen LogP contribution is 2.24. The van der Waals surface area contributed by atoms with Crippen LogP contribution in [0.1, 0.15) is 11.3 Å². The molecule has 1 aromatic heterocycles. The Morgan fingerprint density at radius 2 is 2.00 bits per heavy atom. The highest BCUT2D eigenvalue weighted by molar-refractivity contribution is 5.85. The first kappa shape index (κ1) is 9.28. The summed E-state index contributed by atoms with van der Waals surface area (Å²) in [5, 5.41) is 1.32. The molecule has 74 valence electrons. The minimum absolute atomic E-state index is 0.678. The van der Waals surface area contributed by atoms with Crippen molar-refractivity contribution in [3.63, 3.8) is 0 Å². The van der Waals surface area contributed by atoms with E-state index in [0.29, 0.717) is 6.61 Å². The van der Waals surface area contributed by atoms with E-state index in [2.05, 4.69) is 42.8 Å². The number of aromatic nitrogens is 1. The van der Waals surface area contributed by atoms with E-state index in [4.69, 9.17) is 4.74 Å². The van der Waals surface area contributed by atoms with E-state index in [9.17, 15) is 0 Å². The van der Waals surface area contributed by atoms with Crippen LogP contribution in [0.25, 0.3) is 10.9 Å². The molecular formula is C12H15NO. The zero-order valence-corrected chi connectivity index (χ0v) is 8.87. The zero-order chi connectivity index (χ0) is 10.1. The topological polar surface area (TPSA) is 14.2 Å². The molecule has 0 bridgehead atoms. The van der Waals surface area contributed by atoms with Crippen molar-refractivity contribution in [3.8, 4) is 0 Å². The molecule has 0 spiro atoms. The van der Waals surface area contributed by atoms with Gasteiger partial charge >= 0.3 is 0 Å². The molecule has 0 saturated carbocycles.